The van der Waals surface area contributed by atoms with E-state index in [4.69, 9.17) is 11.5 Å². The maximum Gasteiger partial charge on any atom is 0.182 e. The standard InChI is InChI=1S/C6H9N3S/c1-2-3-4-5(7)9-6(8)10-4/h2-3H,7H2,1H3,(H2,8,9). The molecule has 0 atom stereocenters. The summed E-state index contributed by atoms with van der Waals surface area (Å²) in [6, 6.07) is 0. The molecule has 0 saturated carbocycles. The van der Waals surface area contributed by atoms with Crippen LogP contribution < -0.4 is 11.5 Å². The molecule has 3 nitrogen and oxygen atoms in total. The molecular formula is C6H9N3S. The molecule has 0 fully saturated rings. The van der Waals surface area contributed by atoms with Gasteiger partial charge in [-0.05, 0) is 13.0 Å². The molecule has 4 heteroatoms. The Morgan fingerprint density at radius 3 is 2.60 bits per heavy atom. The SMILES string of the molecule is CC=Cc1sc(N)nc1N. The monoisotopic (exact) mass is 155 g/mol. The predicted molar refractivity (Wildman–Crippen MR) is 45.6 cm³/mol. The van der Waals surface area contributed by atoms with Crippen molar-refractivity contribution in [3.63, 3.8) is 0 Å². The topological polar surface area (TPSA) is 64.9 Å². The average molecular weight is 155 g/mol. The number of nitrogens with two attached hydrogens (primary N) is 2. The lowest BCUT2D eigenvalue weighted by Crippen LogP contribution is -1.87. The van der Waals surface area contributed by atoms with Gasteiger partial charge in [0.15, 0.2) is 5.13 Å². The molecule has 4 N–H and O–H groups in total. The fourth-order valence-corrected chi connectivity index (χ4v) is 1.36. The molecule has 1 aromatic rings. The Labute approximate surface area is 63.4 Å². The van der Waals surface area contributed by atoms with Crippen molar-refractivity contribution < 1.29 is 0 Å². The van der Waals surface area contributed by atoms with Gasteiger partial charge in [0, 0.05) is 0 Å². The van der Waals surface area contributed by atoms with Crippen LogP contribution in [0.15, 0.2) is 6.08 Å². The van der Waals surface area contributed by atoms with Crippen molar-refractivity contribution >= 4 is 28.4 Å². The van der Waals surface area contributed by atoms with Gasteiger partial charge in [-0.1, -0.05) is 17.4 Å². The predicted octanol–water partition coefficient (Wildman–Crippen LogP) is 1.34. The molecule has 0 unspecified atom stereocenters. The summed E-state index contributed by atoms with van der Waals surface area (Å²) < 4.78 is 0. The zero-order valence-corrected chi connectivity index (χ0v) is 6.48. The van der Waals surface area contributed by atoms with Gasteiger partial charge in [-0.25, -0.2) is 4.98 Å². The van der Waals surface area contributed by atoms with E-state index in [1.54, 1.807) is 0 Å². The summed E-state index contributed by atoms with van der Waals surface area (Å²) in [5, 5.41) is 0.519. The first-order valence-electron chi connectivity index (χ1n) is 2.88. The van der Waals surface area contributed by atoms with Crippen LogP contribution >= 0.6 is 11.3 Å². The molecule has 0 saturated heterocycles. The summed E-state index contributed by atoms with van der Waals surface area (Å²) in [5.41, 5.74) is 10.9. The highest BCUT2D eigenvalue weighted by atomic mass is 32.1. The van der Waals surface area contributed by atoms with E-state index in [-0.39, 0.29) is 0 Å². The van der Waals surface area contributed by atoms with Crippen molar-refractivity contribution in [2.24, 2.45) is 0 Å². The van der Waals surface area contributed by atoms with Crippen LogP contribution in [0, 0.1) is 0 Å². The first-order valence-corrected chi connectivity index (χ1v) is 3.70. The van der Waals surface area contributed by atoms with Gasteiger partial charge < -0.3 is 11.5 Å². The first-order chi connectivity index (χ1) is 4.74. The van der Waals surface area contributed by atoms with Gasteiger partial charge in [-0.3, -0.25) is 0 Å². The smallest absolute Gasteiger partial charge is 0.182 e. The largest absolute Gasteiger partial charge is 0.382 e. The minimum Gasteiger partial charge on any atom is -0.382 e. The molecule has 0 spiro atoms. The van der Waals surface area contributed by atoms with Gasteiger partial charge in [-0.15, -0.1) is 0 Å². The normalized spacial score (nSPS) is 10.9. The van der Waals surface area contributed by atoms with Crippen LogP contribution in [0.5, 0.6) is 0 Å². The van der Waals surface area contributed by atoms with Crippen molar-refractivity contribution in [2.75, 3.05) is 11.5 Å². The number of hydrogen-bond donors (Lipinski definition) is 2. The molecule has 10 heavy (non-hydrogen) atoms. The van der Waals surface area contributed by atoms with Gasteiger partial charge in [0.05, 0.1) is 4.88 Å². The van der Waals surface area contributed by atoms with Crippen molar-refractivity contribution in [3.05, 3.63) is 11.0 Å². The van der Waals surface area contributed by atoms with E-state index in [9.17, 15) is 0 Å². The highest BCUT2D eigenvalue weighted by Gasteiger charge is 2.00. The van der Waals surface area contributed by atoms with E-state index >= 15 is 0 Å². The second kappa shape index (κ2) is 2.70. The van der Waals surface area contributed by atoms with Gasteiger partial charge in [0.2, 0.25) is 0 Å². The number of nitrogen functional groups attached to an aromatic ring is 2. The second-order valence-corrected chi connectivity index (χ2v) is 2.86. The Morgan fingerprint density at radius 1 is 1.50 bits per heavy atom. The minimum absolute atomic E-state index is 0.514. The van der Waals surface area contributed by atoms with Crippen molar-refractivity contribution in [1.29, 1.82) is 0 Å². The number of rotatable bonds is 1. The molecule has 0 amide bonds. The van der Waals surface area contributed by atoms with Crippen LogP contribution in [0.3, 0.4) is 0 Å². The number of thiazole rings is 1. The third-order valence-electron chi connectivity index (χ3n) is 1.02. The molecule has 1 rings (SSSR count). The van der Waals surface area contributed by atoms with E-state index < -0.39 is 0 Å². The van der Waals surface area contributed by atoms with Gasteiger partial charge in [0.1, 0.15) is 5.82 Å². The number of allylic oxidation sites excluding steroid dienone is 1. The van der Waals surface area contributed by atoms with Crippen LogP contribution in [-0.2, 0) is 0 Å². The summed E-state index contributed by atoms with van der Waals surface area (Å²) >= 11 is 1.39. The van der Waals surface area contributed by atoms with Crippen LogP contribution in [-0.4, -0.2) is 4.98 Å². The number of anilines is 2. The Bertz CT molecular complexity index is 251. The Morgan fingerprint density at radius 2 is 2.20 bits per heavy atom. The maximum atomic E-state index is 5.50. The van der Waals surface area contributed by atoms with Crippen molar-refractivity contribution in [2.45, 2.75) is 6.92 Å². The molecule has 0 aliphatic heterocycles. The van der Waals surface area contributed by atoms with Crippen molar-refractivity contribution in [1.82, 2.24) is 4.98 Å². The van der Waals surface area contributed by atoms with Gasteiger partial charge in [0.25, 0.3) is 0 Å². The Balaban J connectivity index is 3.03. The van der Waals surface area contributed by atoms with E-state index in [1.807, 2.05) is 19.1 Å². The number of hydrogen-bond acceptors (Lipinski definition) is 4. The highest BCUT2D eigenvalue weighted by molar-refractivity contribution is 7.16. The lowest BCUT2D eigenvalue weighted by atomic mass is 10.4. The third-order valence-corrected chi connectivity index (χ3v) is 1.88. The van der Waals surface area contributed by atoms with Crippen LogP contribution in [0.4, 0.5) is 10.9 Å². The summed E-state index contributed by atoms with van der Waals surface area (Å²) in [7, 11) is 0. The fourth-order valence-electron chi connectivity index (χ4n) is 0.632. The zero-order chi connectivity index (χ0) is 7.56. The molecule has 0 aliphatic rings. The molecule has 0 aromatic carbocycles. The molecule has 1 aromatic heterocycles. The van der Waals surface area contributed by atoms with E-state index in [0.717, 1.165) is 4.88 Å². The van der Waals surface area contributed by atoms with Crippen LogP contribution in [0.2, 0.25) is 0 Å². The maximum absolute atomic E-state index is 5.50. The highest BCUT2D eigenvalue weighted by Crippen LogP contribution is 2.23. The molecular weight excluding hydrogens is 146 g/mol. The summed E-state index contributed by atoms with van der Waals surface area (Å²) in [5.74, 6) is 0.514. The summed E-state index contributed by atoms with van der Waals surface area (Å²) in [6.45, 7) is 1.93. The van der Waals surface area contributed by atoms with Gasteiger partial charge >= 0.3 is 0 Å². The molecule has 0 radical (unpaired) electrons. The Kier molecular flexibility index (Phi) is 1.91. The third kappa shape index (κ3) is 1.27. The van der Waals surface area contributed by atoms with E-state index in [1.165, 1.54) is 11.3 Å². The minimum atomic E-state index is 0.514. The lowest BCUT2D eigenvalue weighted by Gasteiger charge is -1.82. The quantitative estimate of drug-likeness (QED) is 0.643. The lowest BCUT2D eigenvalue weighted by molar-refractivity contribution is 1.42. The first kappa shape index (κ1) is 7.08. The van der Waals surface area contributed by atoms with Crippen molar-refractivity contribution in [3.8, 4) is 0 Å². The number of aromatic nitrogens is 1. The summed E-state index contributed by atoms with van der Waals surface area (Å²) in [4.78, 5) is 4.78. The molecule has 0 bridgehead atoms. The fraction of sp³-hybridized carbons (Fsp3) is 0.167. The van der Waals surface area contributed by atoms with Crippen LogP contribution in [0.1, 0.15) is 11.8 Å². The van der Waals surface area contributed by atoms with E-state index in [0.29, 0.717) is 10.9 Å². The van der Waals surface area contributed by atoms with Gasteiger partial charge in [-0.2, -0.15) is 0 Å². The molecule has 1 heterocycles. The summed E-state index contributed by atoms with van der Waals surface area (Å²) in [6.07, 6.45) is 3.80. The molecule has 0 aliphatic carbocycles. The number of nitrogens with zero attached hydrogens (tertiary/aromatic N) is 1. The molecule has 54 valence electrons. The second-order valence-electron chi connectivity index (χ2n) is 1.80. The Hall–Kier alpha value is -1.03. The average Bonchev–Trinajstić information content (AvgIpc) is 2.13. The van der Waals surface area contributed by atoms with E-state index in [2.05, 4.69) is 4.98 Å². The zero-order valence-electron chi connectivity index (χ0n) is 5.66. The van der Waals surface area contributed by atoms with Crippen LogP contribution in [0.25, 0.3) is 6.08 Å².